The lowest BCUT2D eigenvalue weighted by Crippen LogP contribution is -2.06. The predicted molar refractivity (Wildman–Crippen MR) is 85.8 cm³/mol. The molecule has 2 aromatic carbocycles. The van der Waals surface area contributed by atoms with E-state index in [9.17, 15) is 4.79 Å². The van der Waals surface area contributed by atoms with Crippen molar-refractivity contribution in [1.29, 1.82) is 0 Å². The standard InChI is InChI=1S/C17H12BrNO2/c18-14-9-5-4-8-13(14)11-15-17(20)21-16(19-15)10-12-6-2-1-3-7-12/h1-9,11H,10H2/b15-11-. The topological polar surface area (TPSA) is 38.7 Å². The Morgan fingerprint density at radius 1 is 1.05 bits per heavy atom. The molecule has 4 heteroatoms. The van der Waals surface area contributed by atoms with E-state index in [1.54, 1.807) is 6.08 Å². The SMILES string of the molecule is O=C1OC(Cc2ccccc2)=N/C1=C\c1ccccc1Br. The van der Waals surface area contributed by atoms with Crippen LogP contribution in [0.2, 0.25) is 0 Å². The summed E-state index contributed by atoms with van der Waals surface area (Å²) in [4.78, 5) is 16.2. The summed E-state index contributed by atoms with van der Waals surface area (Å²) in [5.41, 5.74) is 2.29. The van der Waals surface area contributed by atoms with Crippen molar-refractivity contribution in [1.82, 2.24) is 0 Å². The summed E-state index contributed by atoms with van der Waals surface area (Å²) in [5, 5.41) is 0. The molecule has 0 spiro atoms. The van der Waals surface area contributed by atoms with Crippen LogP contribution in [0.5, 0.6) is 0 Å². The third-order valence-electron chi connectivity index (χ3n) is 3.06. The number of nitrogens with zero attached hydrogens (tertiary/aromatic N) is 1. The number of esters is 1. The van der Waals surface area contributed by atoms with E-state index >= 15 is 0 Å². The Bertz CT molecular complexity index is 735. The van der Waals surface area contributed by atoms with Crippen LogP contribution in [0.15, 0.2) is 69.8 Å². The maximum atomic E-state index is 11.9. The second kappa shape index (κ2) is 6.06. The molecule has 0 aliphatic carbocycles. The highest BCUT2D eigenvalue weighted by Crippen LogP contribution is 2.22. The van der Waals surface area contributed by atoms with Gasteiger partial charge in [0.1, 0.15) is 0 Å². The zero-order valence-electron chi connectivity index (χ0n) is 11.1. The molecule has 0 aromatic heterocycles. The zero-order valence-corrected chi connectivity index (χ0v) is 12.7. The van der Waals surface area contributed by atoms with E-state index in [1.807, 2.05) is 54.6 Å². The molecule has 0 amide bonds. The lowest BCUT2D eigenvalue weighted by Gasteiger charge is -1.98. The monoisotopic (exact) mass is 341 g/mol. The molecule has 1 heterocycles. The Labute approximate surface area is 131 Å². The van der Waals surface area contributed by atoms with Crippen molar-refractivity contribution in [2.45, 2.75) is 6.42 Å². The maximum Gasteiger partial charge on any atom is 0.363 e. The Kier molecular flexibility index (Phi) is 3.97. The van der Waals surface area contributed by atoms with Crippen LogP contribution in [-0.2, 0) is 16.0 Å². The van der Waals surface area contributed by atoms with Crippen LogP contribution >= 0.6 is 15.9 Å². The first kappa shape index (κ1) is 13.8. The summed E-state index contributed by atoms with van der Waals surface area (Å²) < 4.78 is 6.13. The third kappa shape index (κ3) is 3.28. The summed E-state index contributed by atoms with van der Waals surface area (Å²) in [7, 11) is 0. The van der Waals surface area contributed by atoms with E-state index in [1.165, 1.54) is 0 Å². The predicted octanol–water partition coefficient (Wildman–Crippen LogP) is 3.99. The molecule has 0 radical (unpaired) electrons. The molecule has 1 aliphatic heterocycles. The van der Waals surface area contributed by atoms with Crippen LogP contribution in [0.25, 0.3) is 6.08 Å². The number of carbonyl (C=O) groups is 1. The van der Waals surface area contributed by atoms with E-state index in [4.69, 9.17) is 4.74 Å². The van der Waals surface area contributed by atoms with E-state index in [2.05, 4.69) is 20.9 Å². The minimum absolute atomic E-state index is 0.327. The first-order valence-corrected chi connectivity index (χ1v) is 7.31. The molecule has 0 fully saturated rings. The fourth-order valence-electron chi connectivity index (χ4n) is 2.04. The van der Waals surface area contributed by atoms with Crippen molar-refractivity contribution in [3.8, 4) is 0 Å². The van der Waals surface area contributed by atoms with Crippen LogP contribution in [0.3, 0.4) is 0 Å². The average molecular weight is 342 g/mol. The van der Waals surface area contributed by atoms with Gasteiger partial charge < -0.3 is 4.74 Å². The smallest absolute Gasteiger partial charge is 0.363 e. The van der Waals surface area contributed by atoms with Gasteiger partial charge in [0.2, 0.25) is 5.90 Å². The Balaban J connectivity index is 1.84. The molecule has 21 heavy (non-hydrogen) atoms. The van der Waals surface area contributed by atoms with Gasteiger partial charge >= 0.3 is 5.97 Å². The van der Waals surface area contributed by atoms with Crippen LogP contribution < -0.4 is 0 Å². The molecule has 104 valence electrons. The molecule has 3 nitrogen and oxygen atoms in total. The van der Waals surface area contributed by atoms with Gasteiger partial charge in [0.05, 0.1) is 0 Å². The largest absolute Gasteiger partial charge is 0.406 e. The molecule has 0 unspecified atom stereocenters. The van der Waals surface area contributed by atoms with E-state index in [-0.39, 0.29) is 0 Å². The molecule has 2 aromatic rings. The van der Waals surface area contributed by atoms with Gasteiger partial charge in [0, 0.05) is 10.9 Å². The molecule has 0 N–H and O–H groups in total. The van der Waals surface area contributed by atoms with Gasteiger partial charge in [-0.3, -0.25) is 0 Å². The molecule has 3 rings (SSSR count). The molecular formula is C17H12BrNO2. The highest BCUT2D eigenvalue weighted by molar-refractivity contribution is 9.10. The third-order valence-corrected chi connectivity index (χ3v) is 3.78. The lowest BCUT2D eigenvalue weighted by molar-refractivity contribution is -0.130. The van der Waals surface area contributed by atoms with E-state index in [0.717, 1.165) is 15.6 Å². The van der Waals surface area contributed by atoms with Gasteiger partial charge in [-0.2, -0.15) is 0 Å². The van der Waals surface area contributed by atoms with Crippen LogP contribution in [-0.4, -0.2) is 11.9 Å². The Morgan fingerprint density at radius 3 is 2.52 bits per heavy atom. The summed E-state index contributed by atoms with van der Waals surface area (Å²) in [5.74, 6) is 0.0289. The summed E-state index contributed by atoms with van der Waals surface area (Å²) in [6.07, 6.45) is 2.24. The van der Waals surface area contributed by atoms with Crippen LogP contribution in [0, 0.1) is 0 Å². The van der Waals surface area contributed by atoms with Crippen molar-refractivity contribution in [3.63, 3.8) is 0 Å². The quantitative estimate of drug-likeness (QED) is 0.625. The minimum Gasteiger partial charge on any atom is -0.406 e. The average Bonchev–Trinajstić information content (AvgIpc) is 2.82. The Hall–Kier alpha value is -2.20. The Morgan fingerprint density at radius 2 is 1.76 bits per heavy atom. The van der Waals surface area contributed by atoms with Crippen molar-refractivity contribution in [2.75, 3.05) is 0 Å². The first-order chi connectivity index (χ1) is 10.2. The lowest BCUT2D eigenvalue weighted by atomic mass is 10.1. The summed E-state index contributed by atoms with van der Waals surface area (Å²) >= 11 is 3.45. The number of ether oxygens (including phenoxy) is 1. The van der Waals surface area contributed by atoms with Crippen molar-refractivity contribution in [2.24, 2.45) is 4.99 Å². The fraction of sp³-hybridized carbons (Fsp3) is 0.0588. The number of hydrogen-bond donors (Lipinski definition) is 0. The summed E-state index contributed by atoms with van der Waals surface area (Å²) in [6, 6.07) is 17.5. The van der Waals surface area contributed by atoms with Gasteiger partial charge in [-0.1, -0.05) is 64.5 Å². The molecule has 0 atom stereocenters. The normalized spacial score (nSPS) is 16.0. The van der Waals surface area contributed by atoms with E-state index < -0.39 is 5.97 Å². The van der Waals surface area contributed by atoms with Crippen LogP contribution in [0.4, 0.5) is 0 Å². The van der Waals surface area contributed by atoms with Gasteiger partial charge in [0.15, 0.2) is 5.70 Å². The summed E-state index contributed by atoms with van der Waals surface area (Å²) in [6.45, 7) is 0. The number of benzene rings is 2. The minimum atomic E-state index is -0.406. The van der Waals surface area contributed by atoms with Crippen LogP contribution in [0.1, 0.15) is 11.1 Å². The molecular weight excluding hydrogens is 330 g/mol. The van der Waals surface area contributed by atoms with E-state index in [0.29, 0.717) is 18.0 Å². The van der Waals surface area contributed by atoms with Gasteiger partial charge in [-0.25, -0.2) is 9.79 Å². The van der Waals surface area contributed by atoms with Gasteiger partial charge in [-0.15, -0.1) is 0 Å². The van der Waals surface area contributed by atoms with Crippen molar-refractivity contribution in [3.05, 3.63) is 75.9 Å². The van der Waals surface area contributed by atoms with Crippen molar-refractivity contribution >= 4 is 33.9 Å². The number of halogens is 1. The number of aliphatic imine (C=N–C) groups is 1. The first-order valence-electron chi connectivity index (χ1n) is 6.52. The second-order valence-electron chi connectivity index (χ2n) is 4.61. The highest BCUT2D eigenvalue weighted by atomic mass is 79.9. The molecule has 1 aliphatic rings. The molecule has 0 bridgehead atoms. The number of carbonyl (C=O) groups excluding carboxylic acids is 1. The number of rotatable bonds is 3. The van der Waals surface area contributed by atoms with Gasteiger partial charge in [0.25, 0.3) is 0 Å². The molecule has 0 saturated carbocycles. The fourth-order valence-corrected chi connectivity index (χ4v) is 2.44. The van der Waals surface area contributed by atoms with Crippen molar-refractivity contribution < 1.29 is 9.53 Å². The maximum absolute atomic E-state index is 11.9. The van der Waals surface area contributed by atoms with Gasteiger partial charge in [-0.05, 0) is 23.3 Å². The molecule has 0 saturated heterocycles. The highest BCUT2D eigenvalue weighted by Gasteiger charge is 2.23. The zero-order chi connectivity index (χ0) is 14.7. The number of hydrogen-bond acceptors (Lipinski definition) is 3. The second-order valence-corrected chi connectivity index (χ2v) is 5.46. The number of cyclic esters (lactones) is 1.